The summed E-state index contributed by atoms with van der Waals surface area (Å²) in [5, 5.41) is 0.344. The van der Waals surface area contributed by atoms with Crippen molar-refractivity contribution < 1.29 is 14.7 Å². The van der Waals surface area contributed by atoms with Crippen molar-refractivity contribution in [3.05, 3.63) is 5.84 Å². The van der Waals surface area contributed by atoms with Gasteiger partial charge in [0, 0.05) is 20.1 Å². The highest BCUT2D eigenvalue weighted by molar-refractivity contribution is 14.1. The minimum atomic E-state index is 0.344. The van der Waals surface area contributed by atoms with E-state index >= 15 is 0 Å². The lowest BCUT2D eigenvalue weighted by Gasteiger charge is -2.15. The van der Waals surface area contributed by atoms with Crippen molar-refractivity contribution in [1.29, 1.82) is 0 Å². The van der Waals surface area contributed by atoms with E-state index in [0.717, 1.165) is 6.42 Å². The molecule has 5 heteroatoms. The summed E-state index contributed by atoms with van der Waals surface area (Å²) in [5.41, 5.74) is 0. The Morgan fingerprint density at radius 2 is 2.20 bits per heavy atom. The molecular formula is C5H13IN2O2. The predicted octanol–water partition coefficient (Wildman–Crippen LogP) is 0.199. The van der Waals surface area contributed by atoms with Crippen LogP contribution in [-0.2, 0) is 9.57 Å². The standard InChI is InChI=1S/C5H13IN2O2/c1-9-3-2-4-10-8(7)5-6/h7-8H,2-5H2,1H3. The first-order valence-electron chi connectivity index (χ1n) is 3.06. The number of alkyl halides is 1. The lowest BCUT2D eigenvalue weighted by molar-refractivity contribution is -1.04. The molecule has 0 aliphatic heterocycles. The first-order chi connectivity index (χ1) is 4.81. The highest BCUT2D eigenvalue weighted by Gasteiger charge is 1.92. The van der Waals surface area contributed by atoms with E-state index in [1.54, 1.807) is 7.11 Å². The van der Waals surface area contributed by atoms with Crippen molar-refractivity contribution in [2.24, 2.45) is 0 Å². The second kappa shape index (κ2) is 7.67. The van der Waals surface area contributed by atoms with E-state index in [0.29, 0.717) is 22.9 Å². The van der Waals surface area contributed by atoms with Crippen LogP contribution in [-0.4, -0.2) is 24.9 Å². The third-order valence-corrected chi connectivity index (χ3v) is 1.58. The number of hydrogen-bond acceptors (Lipinski definition) is 2. The van der Waals surface area contributed by atoms with Gasteiger partial charge in [0.05, 0.1) is 0 Å². The third-order valence-electron chi connectivity index (χ3n) is 0.890. The number of hydrogen-bond donors (Lipinski definition) is 1. The summed E-state index contributed by atoms with van der Waals surface area (Å²) >= 11 is 2.09. The van der Waals surface area contributed by atoms with Crippen molar-refractivity contribution in [2.75, 3.05) is 24.9 Å². The summed E-state index contributed by atoms with van der Waals surface area (Å²) in [6.07, 6.45) is 0.857. The minimum absolute atomic E-state index is 0.344. The average molecular weight is 260 g/mol. The van der Waals surface area contributed by atoms with Gasteiger partial charge in [-0.25, -0.2) is 4.84 Å². The Kier molecular flexibility index (Phi) is 8.11. The zero-order valence-electron chi connectivity index (χ0n) is 6.02. The van der Waals surface area contributed by atoms with Crippen LogP contribution in [0.2, 0.25) is 0 Å². The average Bonchev–Trinajstić information content (AvgIpc) is 1.98. The molecule has 62 valence electrons. The molecule has 0 spiro atoms. The number of quaternary nitrogens is 1. The van der Waals surface area contributed by atoms with E-state index in [2.05, 4.69) is 22.6 Å². The number of hydroxylamine groups is 1. The number of halogens is 1. The maximum atomic E-state index is 7.10. The Bertz CT molecular complexity index is 74.7. The Balaban J connectivity index is 2.89. The minimum Gasteiger partial charge on any atom is -0.434 e. The molecule has 0 radical (unpaired) electrons. The summed E-state index contributed by atoms with van der Waals surface area (Å²) in [6, 6.07) is 0. The van der Waals surface area contributed by atoms with E-state index in [9.17, 15) is 0 Å². The van der Waals surface area contributed by atoms with Crippen LogP contribution in [0.4, 0.5) is 0 Å². The summed E-state index contributed by atoms with van der Waals surface area (Å²) in [5.74, 6) is 7.10. The fourth-order valence-electron chi connectivity index (χ4n) is 0.437. The number of rotatable bonds is 6. The summed E-state index contributed by atoms with van der Waals surface area (Å²) in [6.45, 7) is 1.30. The highest BCUT2D eigenvalue weighted by Crippen LogP contribution is 1.78. The van der Waals surface area contributed by atoms with Crippen LogP contribution in [0.25, 0.3) is 5.84 Å². The van der Waals surface area contributed by atoms with Crippen LogP contribution in [0.1, 0.15) is 6.42 Å². The van der Waals surface area contributed by atoms with Crippen LogP contribution in [0, 0.1) is 0 Å². The van der Waals surface area contributed by atoms with Gasteiger partial charge in [0.2, 0.25) is 0 Å². The summed E-state index contributed by atoms with van der Waals surface area (Å²) < 4.78 is 5.45. The molecule has 0 aliphatic rings. The van der Waals surface area contributed by atoms with Crippen molar-refractivity contribution in [1.82, 2.24) is 0 Å². The molecule has 0 saturated heterocycles. The topological polar surface area (TPSA) is 46.7 Å². The zero-order valence-corrected chi connectivity index (χ0v) is 8.18. The molecule has 0 aromatic rings. The molecule has 0 aliphatic carbocycles. The Morgan fingerprint density at radius 3 is 2.70 bits per heavy atom. The van der Waals surface area contributed by atoms with Gasteiger partial charge < -0.3 is 10.6 Å². The van der Waals surface area contributed by atoms with Gasteiger partial charge >= 0.3 is 0 Å². The lowest BCUT2D eigenvalue weighted by atomic mass is 10.5. The van der Waals surface area contributed by atoms with Crippen LogP contribution in [0.15, 0.2) is 0 Å². The van der Waals surface area contributed by atoms with E-state index < -0.39 is 0 Å². The van der Waals surface area contributed by atoms with Gasteiger partial charge in [-0.1, -0.05) is 0 Å². The van der Waals surface area contributed by atoms with Gasteiger partial charge in [-0.05, 0) is 22.6 Å². The van der Waals surface area contributed by atoms with Crippen LogP contribution in [0.5, 0.6) is 0 Å². The van der Waals surface area contributed by atoms with Gasteiger partial charge in [0.25, 0.3) is 0 Å². The van der Waals surface area contributed by atoms with Gasteiger partial charge in [-0.2, -0.15) is 0 Å². The van der Waals surface area contributed by atoms with Gasteiger partial charge in [-0.15, -0.1) is 0 Å². The fourth-order valence-corrected chi connectivity index (χ4v) is 0.657. The van der Waals surface area contributed by atoms with E-state index in [-0.39, 0.29) is 0 Å². The normalized spacial score (nSPS) is 13.5. The van der Waals surface area contributed by atoms with E-state index in [1.807, 2.05) is 0 Å². The predicted molar refractivity (Wildman–Crippen MR) is 46.6 cm³/mol. The fraction of sp³-hybridized carbons (Fsp3) is 1.00. The van der Waals surface area contributed by atoms with E-state index in [4.69, 9.17) is 15.4 Å². The van der Waals surface area contributed by atoms with Crippen LogP contribution in [0.3, 0.4) is 0 Å². The molecule has 1 atom stereocenters. The SMILES string of the molecule is COCCCO[NH+]([NH-])CI. The van der Waals surface area contributed by atoms with Gasteiger partial charge in [0.15, 0.2) is 0 Å². The zero-order chi connectivity index (χ0) is 7.82. The number of methoxy groups -OCH3 is 1. The maximum Gasteiger partial charge on any atom is 0.148 e. The smallest absolute Gasteiger partial charge is 0.148 e. The second-order valence-corrected chi connectivity index (χ2v) is 2.51. The van der Waals surface area contributed by atoms with Gasteiger partial charge in [-0.3, -0.25) is 5.17 Å². The Hall–Kier alpha value is 0.570. The summed E-state index contributed by atoms with van der Waals surface area (Å²) in [4.78, 5) is 4.99. The Labute approximate surface area is 74.7 Å². The Morgan fingerprint density at radius 1 is 1.50 bits per heavy atom. The van der Waals surface area contributed by atoms with Crippen molar-refractivity contribution in [2.45, 2.75) is 6.42 Å². The molecular weight excluding hydrogens is 247 g/mol. The monoisotopic (exact) mass is 260 g/mol. The second-order valence-electron chi connectivity index (χ2n) is 1.75. The molecule has 0 rings (SSSR count). The molecule has 2 N–H and O–H groups in total. The van der Waals surface area contributed by atoms with E-state index in [1.165, 1.54) is 0 Å². The molecule has 10 heavy (non-hydrogen) atoms. The molecule has 0 fully saturated rings. The van der Waals surface area contributed by atoms with Crippen molar-refractivity contribution in [3.63, 3.8) is 0 Å². The quantitative estimate of drug-likeness (QED) is 0.244. The number of ether oxygens (including phenoxy) is 1. The van der Waals surface area contributed by atoms with Crippen molar-refractivity contribution >= 4 is 22.6 Å². The van der Waals surface area contributed by atoms with Crippen molar-refractivity contribution in [3.8, 4) is 0 Å². The maximum absolute atomic E-state index is 7.10. The molecule has 0 aromatic heterocycles. The largest absolute Gasteiger partial charge is 0.434 e. The third kappa shape index (κ3) is 6.69. The first-order valence-corrected chi connectivity index (χ1v) is 4.59. The number of nitrogens with one attached hydrogen (secondary N) is 2. The molecule has 0 amide bonds. The molecule has 4 nitrogen and oxygen atoms in total. The molecule has 0 bridgehead atoms. The molecule has 0 heterocycles. The van der Waals surface area contributed by atoms with Crippen LogP contribution < -0.4 is 5.17 Å². The van der Waals surface area contributed by atoms with Gasteiger partial charge in [0.1, 0.15) is 11.2 Å². The first kappa shape index (κ1) is 10.6. The highest BCUT2D eigenvalue weighted by atomic mass is 127. The molecule has 0 saturated carbocycles. The lowest BCUT2D eigenvalue weighted by Crippen LogP contribution is -3.03. The summed E-state index contributed by atoms with van der Waals surface area (Å²) in [7, 11) is 1.66. The molecule has 1 unspecified atom stereocenters. The molecule has 0 aromatic carbocycles. The van der Waals surface area contributed by atoms with Crippen LogP contribution >= 0.6 is 22.6 Å².